The Kier molecular flexibility index (Phi) is 4.77. The molecule has 7 nitrogen and oxygen atoms in total. The number of benzene rings is 1. The molecule has 0 saturated carbocycles. The van der Waals surface area contributed by atoms with Gasteiger partial charge in [-0.3, -0.25) is 19.2 Å². The van der Waals surface area contributed by atoms with Crippen LogP contribution in [0.2, 0.25) is 0 Å². The number of hydrogen-bond acceptors (Lipinski definition) is 5. The zero-order chi connectivity index (χ0) is 18.8. The normalized spacial score (nSPS) is 16.6. The summed E-state index contributed by atoms with van der Waals surface area (Å²) in [6, 6.07) is 10.6. The van der Waals surface area contributed by atoms with Crippen LogP contribution in [0.3, 0.4) is 0 Å². The second kappa shape index (κ2) is 7.36. The second-order valence-corrected chi connectivity index (χ2v) is 6.84. The Balaban J connectivity index is 1.43. The van der Waals surface area contributed by atoms with Gasteiger partial charge in [0.1, 0.15) is 6.04 Å². The molecule has 140 valence electrons. The molecule has 3 heterocycles. The minimum absolute atomic E-state index is 0.0489. The summed E-state index contributed by atoms with van der Waals surface area (Å²) in [5, 5.41) is 0. The molecule has 1 aliphatic rings. The SMILES string of the molecule is CC(C(=O)N1CCN(Cc2ccncc2)CC1)n1c(=O)oc2ccccc21. The van der Waals surface area contributed by atoms with Crippen molar-refractivity contribution in [2.24, 2.45) is 0 Å². The van der Waals surface area contributed by atoms with Crippen LogP contribution in [-0.4, -0.2) is 51.4 Å². The van der Waals surface area contributed by atoms with Crippen molar-refractivity contribution in [1.29, 1.82) is 0 Å². The summed E-state index contributed by atoms with van der Waals surface area (Å²) < 4.78 is 6.71. The van der Waals surface area contributed by atoms with E-state index in [1.165, 1.54) is 10.1 Å². The maximum atomic E-state index is 13.0. The van der Waals surface area contributed by atoms with Crippen molar-refractivity contribution < 1.29 is 9.21 Å². The third-order valence-electron chi connectivity index (χ3n) is 5.10. The number of carbonyl (C=O) groups is 1. The number of amides is 1. The molecule has 0 bridgehead atoms. The lowest BCUT2D eigenvalue weighted by Gasteiger charge is -2.36. The molecule has 1 aromatic carbocycles. The standard InChI is InChI=1S/C20H22N4O3/c1-15(24-17-4-2-3-5-18(17)27-20(24)26)19(25)23-12-10-22(11-13-23)14-16-6-8-21-9-7-16/h2-9,15H,10-14H2,1H3. The summed E-state index contributed by atoms with van der Waals surface area (Å²) in [5.74, 6) is -0.541. The van der Waals surface area contributed by atoms with E-state index < -0.39 is 11.8 Å². The van der Waals surface area contributed by atoms with Crippen molar-refractivity contribution in [1.82, 2.24) is 19.4 Å². The maximum Gasteiger partial charge on any atom is 0.420 e. The van der Waals surface area contributed by atoms with Gasteiger partial charge in [0.25, 0.3) is 0 Å². The molecular weight excluding hydrogens is 344 g/mol. The molecular formula is C20H22N4O3. The number of aromatic nitrogens is 2. The van der Waals surface area contributed by atoms with Crippen LogP contribution in [0.5, 0.6) is 0 Å². The number of oxazole rings is 1. The van der Waals surface area contributed by atoms with Gasteiger partial charge in [0.05, 0.1) is 5.52 Å². The fourth-order valence-electron chi connectivity index (χ4n) is 3.60. The zero-order valence-electron chi connectivity index (χ0n) is 15.2. The Hall–Kier alpha value is -2.93. The Morgan fingerprint density at radius 3 is 2.56 bits per heavy atom. The van der Waals surface area contributed by atoms with E-state index in [2.05, 4.69) is 9.88 Å². The number of para-hydroxylation sites is 2. The number of rotatable bonds is 4. The smallest absolute Gasteiger partial charge is 0.408 e. The van der Waals surface area contributed by atoms with Crippen LogP contribution in [-0.2, 0) is 11.3 Å². The van der Waals surface area contributed by atoms with Crippen molar-refractivity contribution in [2.45, 2.75) is 19.5 Å². The molecule has 1 fully saturated rings. The molecule has 1 amide bonds. The minimum Gasteiger partial charge on any atom is -0.408 e. The van der Waals surface area contributed by atoms with E-state index in [0.29, 0.717) is 24.2 Å². The predicted octanol–water partition coefficient (Wildman–Crippen LogP) is 1.89. The molecule has 1 atom stereocenters. The van der Waals surface area contributed by atoms with E-state index in [1.54, 1.807) is 31.5 Å². The fourth-order valence-corrected chi connectivity index (χ4v) is 3.60. The predicted molar refractivity (Wildman–Crippen MR) is 101 cm³/mol. The molecule has 1 aliphatic heterocycles. The zero-order valence-corrected chi connectivity index (χ0v) is 15.2. The lowest BCUT2D eigenvalue weighted by Crippen LogP contribution is -2.50. The van der Waals surface area contributed by atoms with Crippen LogP contribution in [0.4, 0.5) is 0 Å². The first-order chi connectivity index (χ1) is 13.1. The number of piperazine rings is 1. The molecule has 7 heteroatoms. The third kappa shape index (κ3) is 3.50. The Morgan fingerprint density at radius 2 is 1.81 bits per heavy atom. The van der Waals surface area contributed by atoms with Gasteiger partial charge in [-0.15, -0.1) is 0 Å². The monoisotopic (exact) mass is 366 g/mol. The second-order valence-electron chi connectivity index (χ2n) is 6.84. The van der Waals surface area contributed by atoms with Crippen LogP contribution in [0.25, 0.3) is 11.1 Å². The average Bonchev–Trinajstić information content (AvgIpc) is 3.04. The molecule has 3 aromatic rings. The van der Waals surface area contributed by atoms with E-state index in [4.69, 9.17) is 4.42 Å². The van der Waals surface area contributed by atoms with Crippen LogP contribution >= 0.6 is 0 Å². The molecule has 1 saturated heterocycles. The van der Waals surface area contributed by atoms with Gasteiger partial charge in [0.15, 0.2) is 5.58 Å². The summed E-state index contributed by atoms with van der Waals surface area (Å²) in [4.78, 5) is 33.4. The minimum atomic E-state index is -0.590. The van der Waals surface area contributed by atoms with Crippen molar-refractivity contribution in [3.63, 3.8) is 0 Å². The number of carbonyl (C=O) groups excluding carboxylic acids is 1. The summed E-state index contributed by atoms with van der Waals surface area (Å²) in [5.41, 5.74) is 2.37. The highest BCUT2D eigenvalue weighted by atomic mass is 16.4. The van der Waals surface area contributed by atoms with E-state index in [-0.39, 0.29) is 5.91 Å². The van der Waals surface area contributed by atoms with Crippen LogP contribution in [0, 0.1) is 0 Å². The van der Waals surface area contributed by atoms with E-state index in [0.717, 1.165) is 19.6 Å². The Labute approximate surface area is 156 Å². The van der Waals surface area contributed by atoms with Crippen LogP contribution in [0.1, 0.15) is 18.5 Å². The topological polar surface area (TPSA) is 71.6 Å². The third-order valence-corrected chi connectivity index (χ3v) is 5.10. The van der Waals surface area contributed by atoms with E-state index >= 15 is 0 Å². The first-order valence-electron chi connectivity index (χ1n) is 9.13. The van der Waals surface area contributed by atoms with Gasteiger partial charge in [-0.05, 0) is 36.8 Å². The molecule has 27 heavy (non-hydrogen) atoms. The van der Waals surface area contributed by atoms with Gasteiger partial charge in [-0.1, -0.05) is 12.1 Å². The summed E-state index contributed by atoms with van der Waals surface area (Å²) in [6.45, 7) is 5.53. The summed E-state index contributed by atoms with van der Waals surface area (Å²) in [6.07, 6.45) is 3.59. The molecule has 0 N–H and O–H groups in total. The highest BCUT2D eigenvalue weighted by Crippen LogP contribution is 2.19. The van der Waals surface area contributed by atoms with Crippen molar-refractivity contribution in [3.05, 3.63) is 64.9 Å². The molecule has 0 spiro atoms. The summed E-state index contributed by atoms with van der Waals surface area (Å²) in [7, 11) is 0. The van der Waals surface area contributed by atoms with Crippen molar-refractivity contribution in [2.75, 3.05) is 26.2 Å². The Bertz CT molecular complexity index is 987. The maximum absolute atomic E-state index is 13.0. The number of nitrogens with zero attached hydrogens (tertiary/aromatic N) is 4. The summed E-state index contributed by atoms with van der Waals surface area (Å²) >= 11 is 0. The van der Waals surface area contributed by atoms with Crippen LogP contribution in [0.15, 0.2) is 58.0 Å². The van der Waals surface area contributed by atoms with E-state index in [9.17, 15) is 9.59 Å². The Morgan fingerprint density at radius 1 is 1.11 bits per heavy atom. The lowest BCUT2D eigenvalue weighted by molar-refractivity contribution is -0.136. The van der Waals surface area contributed by atoms with E-state index in [1.807, 2.05) is 29.2 Å². The molecule has 0 aliphatic carbocycles. The van der Waals surface area contributed by atoms with Gasteiger partial charge < -0.3 is 9.32 Å². The highest BCUT2D eigenvalue weighted by Gasteiger charge is 2.28. The lowest BCUT2D eigenvalue weighted by atomic mass is 10.2. The molecule has 2 aromatic heterocycles. The van der Waals surface area contributed by atoms with Crippen molar-refractivity contribution >= 4 is 17.0 Å². The van der Waals surface area contributed by atoms with Gasteiger partial charge >= 0.3 is 5.76 Å². The van der Waals surface area contributed by atoms with Crippen LogP contribution < -0.4 is 5.76 Å². The van der Waals surface area contributed by atoms with Gasteiger partial charge in [-0.25, -0.2) is 4.79 Å². The number of pyridine rings is 1. The molecule has 0 radical (unpaired) electrons. The quantitative estimate of drug-likeness (QED) is 0.705. The van der Waals surface area contributed by atoms with Gasteiger partial charge in [0, 0.05) is 45.1 Å². The number of hydrogen-bond donors (Lipinski definition) is 0. The first kappa shape index (κ1) is 17.5. The largest absolute Gasteiger partial charge is 0.420 e. The number of fused-ring (bicyclic) bond motifs is 1. The molecule has 1 unspecified atom stereocenters. The average molecular weight is 366 g/mol. The first-order valence-corrected chi connectivity index (χ1v) is 9.13. The highest BCUT2D eigenvalue weighted by molar-refractivity contribution is 5.83. The van der Waals surface area contributed by atoms with Gasteiger partial charge in [0.2, 0.25) is 5.91 Å². The van der Waals surface area contributed by atoms with Crippen molar-refractivity contribution in [3.8, 4) is 0 Å². The van der Waals surface area contributed by atoms with Gasteiger partial charge in [-0.2, -0.15) is 0 Å². The fraction of sp³-hybridized carbons (Fsp3) is 0.350. The molecule has 4 rings (SSSR count).